The number of aliphatic hydroxyl groups excluding tert-OH is 1. The Morgan fingerprint density at radius 3 is 2.46 bits per heavy atom. The van der Waals surface area contributed by atoms with Crippen LogP contribution in [-0.4, -0.2) is 64.3 Å². The summed E-state index contributed by atoms with van der Waals surface area (Å²) in [6.07, 6.45) is 7.44. The van der Waals surface area contributed by atoms with Gasteiger partial charge >= 0.3 is 0 Å². The highest BCUT2D eigenvalue weighted by Crippen LogP contribution is 2.42. The van der Waals surface area contributed by atoms with Gasteiger partial charge in [-0.2, -0.15) is 0 Å². The van der Waals surface area contributed by atoms with Crippen molar-refractivity contribution in [2.75, 3.05) is 19.6 Å². The third-order valence-electron chi connectivity index (χ3n) is 6.85. The Morgan fingerprint density at radius 2 is 1.82 bits per heavy atom. The first kappa shape index (κ1) is 19.2. The summed E-state index contributed by atoms with van der Waals surface area (Å²) >= 11 is 0. The molecule has 1 aromatic rings. The third-order valence-corrected chi connectivity index (χ3v) is 6.85. The van der Waals surface area contributed by atoms with Gasteiger partial charge in [0.2, 0.25) is 5.91 Å². The first-order chi connectivity index (χ1) is 13.5. The van der Waals surface area contributed by atoms with E-state index in [4.69, 9.17) is 4.42 Å². The van der Waals surface area contributed by atoms with E-state index in [9.17, 15) is 19.5 Å². The van der Waals surface area contributed by atoms with Gasteiger partial charge in [-0.3, -0.25) is 14.4 Å². The van der Waals surface area contributed by atoms with Crippen LogP contribution in [0.1, 0.15) is 61.9 Å². The zero-order valence-corrected chi connectivity index (χ0v) is 16.1. The van der Waals surface area contributed by atoms with Crippen molar-refractivity contribution in [1.82, 2.24) is 9.80 Å². The highest BCUT2D eigenvalue weighted by molar-refractivity contribution is 6.41. The normalized spacial score (nSPS) is 27.8. The first-order valence-electron chi connectivity index (χ1n) is 10.3. The van der Waals surface area contributed by atoms with Crippen LogP contribution in [0.2, 0.25) is 0 Å². The number of piperidine rings is 2. The van der Waals surface area contributed by atoms with Gasteiger partial charge in [0.25, 0.3) is 11.7 Å². The second-order valence-corrected chi connectivity index (χ2v) is 8.58. The van der Waals surface area contributed by atoms with E-state index in [1.807, 2.05) is 4.90 Å². The van der Waals surface area contributed by atoms with E-state index in [0.717, 1.165) is 51.5 Å². The molecule has 0 radical (unpaired) electrons. The van der Waals surface area contributed by atoms with Gasteiger partial charge in [-0.1, -0.05) is 0 Å². The minimum Gasteiger partial charge on any atom is -0.461 e. The molecule has 2 saturated heterocycles. The van der Waals surface area contributed by atoms with Gasteiger partial charge in [-0.15, -0.1) is 0 Å². The fourth-order valence-electron chi connectivity index (χ4n) is 5.00. The number of likely N-dealkylation sites (tertiary alicyclic amines) is 2. The molecule has 0 aromatic carbocycles. The molecule has 2 amide bonds. The maximum absolute atomic E-state index is 12.5. The summed E-state index contributed by atoms with van der Waals surface area (Å²) in [6.45, 7) is 1.81. The standard InChI is InChI=1S/C21H28N2O5/c24-16-5-3-15(4-6-16)23-14-21(8-7-18(23)25)9-11-22(12-10-21)20(27)19(26)17-2-1-13-28-17/h1-2,13,15-16,24H,3-12,14H2. The van der Waals surface area contributed by atoms with E-state index in [1.54, 1.807) is 11.0 Å². The molecule has 1 saturated carbocycles. The van der Waals surface area contributed by atoms with Gasteiger partial charge in [-0.25, -0.2) is 0 Å². The average Bonchev–Trinajstić information content (AvgIpc) is 3.25. The highest BCUT2D eigenvalue weighted by Gasteiger charge is 2.44. The quantitative estimate of drug-likeness (QED) is 0.632. The molecule has 7 heteroatoms. The Morgan fingerprint density at radius 1 is 1.11 bits per heavy atom. The number of hydrogen-bond acceptors (Lipinski definition) is 5. The lowest BCUT2D eigenvalue weighted by Crippen LogP contribution is -2.56. The zero-order valence-electron chi connectivity index (χ0n) is 16.1. The SMILES string of the molecule is O=C(C(=O)N1CCC2(CCC(=O)N(C3CCC(O)CC3)C2)CC1)c1ccco1. The number of nitrogens with zero attached hydrogens (tertiary/aromatic N) is 2. The number of hydrogen-bond donors (Lipinski definition) is 1. The molecule has 152 valence electrons. The van der Waals surface area contributed by atoms with Crippen molar-refractivity contribution in [3.8, 4) is 0 Å². The number of Topliss-reactive ketones (excluding diaryl/α,β-unsaturated/α-hetero) is 1. The van der Waals surface area contributed by atoms with Crippen LogP contribution in [0.25, 0.3) is 0 Å². The van der Waals surface area contributed by atoms with Crippen LogP contribution in [0.4, 0.5) is 0 Å². The van der Waals surface area contributed by atoms with Gasteiger partial charge in [-0.05, 0) is 62.5 Å². The van der Waals surface area contributed by atoms with Crippen LogP contribution in [0.3, 0.4) is 0 Å². The lowest BCUT2D eigenvalue weighted by Gasteiger charge is -2.50. The molecule has 1 spiro atoms. The topological polar surface area (TPSA) is 91.1 Å². The fourth-order valence-corrected chi connectivity index (χ4v) is 5.00. The Bertz CT molecular complexity index is 728. The molecule has 0 bridgehead atoms. The Labute approximate surface area is 164 Å². The second-order valence-electron chi connectivity index (χ2n) is 8.58. The van der Waals surface area contributed by atoms with Gasteiger partial charge in [0.15, 0.2) is 5.76 Å². The predicted molar refractivity (Wildman–Crippen MR) is 100 cm³/mol. The Balaban J connectivity index is 1.37. The maximum atomic E-state index is 12.5. The summed E-state index contributed by atoms with van der Waals surface area (Å²) < 4.78 is 5.06. The Kier molecular flexibility index (Phi) is 5.27. The van der Waals surface area contributed by atoms with E-state index in [0.29, 0.717) is 19.5 Å². The predicted octanol–water partition coefficient (Wildman–Crippen LogP) is 2.00. The van der Waals surface area contributed by atoms with E-state index in [-0.39, 0.29) is 29.2 Å². The molecule has 3 fully saturated rings. The number of aliphatic hydroxyl groups is 1. The van der Waals surface area contributed by atoms with Crippen molar-refractivity contribution in [2.45, 2.75) is 63.5 Å². The number of rotatable bonds is 3. The van der Waals surface area contributed by atoms with Crippen molar-refractivity contribution < 1.29 is 23.9 Å². The summed E-state index contributed by atoms with van der Waals surface area (Å²) in [4.78, 5) is 40.9. The van der Waals surface area contributed by atoms with Crippen LogP contribution in [0, 0.1) is 5.41 Å². The molecule has 7 nitrogen and oxygen atoms in total. The molecule has 0 unspecified atom stereocenters. The van der Waals surface area contributed by atoms with Crippen LogP contribution >= 0.6 is 0 Å². The first-order valence-corrected chi connectivity index (χ1v) is 10.3. The minimum absolute atomic E-state index is 0.0362. The summed E-state index contributed by atoms with van der Waals surface area (Å²) in [5, 5.41) is 9.75. The van der Waals surface area contributed by atoms with Crippen LogP contribution in [0.5, 0.6) is 0 Å². The van der Waals surface area contributed by atoms with Crippen LogP contribution in [-0.2, 0) is 9.59 Å². The lowest BCUT2D eigenvalue weighted by atomic mass is 9.71. The van der Waals surface area contributed by atoms with Crippen LogP contribution < -0.4 is 0 Å². The van der Waals surface area contributed by atoms with Crippen molar-refractivity contribution in [3.05, 3.63) is 24.2 Å². The van der Waals surface area contributed by atoms with Crippen molar-refractivity contribution in [1.29, 1.82) is 0 Å². The summed E-state index contributed by atoms with van der Waals surface area (Å²) in [5.74, 6) is -0.797. The Hall–Kier alpha value is -2.15. The molecule has 3 aliphatic rings. The number of furan rings is 1. The van der Waals surface area contributed by atoms with Gasteiger partial charge < -0.3 is 19.3 Å². The largest absolute Gasteiger partial charge is 0.461 e. The van der Waals surface area contributed by atoms with E-state index in [1.165, 1.54) is 12.3 Å². The van der Waals surface area contributed by atoms with Gasteiger partial charge in [0.05, 0.1) is 12.4 Å². The summed E-state index contributed by atoms with van der Waals surface area (Å²) in [6, 6.07) is 3.34. The van der Waals surface area contributed by atoms with E-state index >= 15 is 0 Å². The highest BCUT2D eigenvalue weighted by atomic mass is 16.3. The molecular formula is C21H28N2O5. The van der Waals surface area contributed by atoms with Crippen molar-refractivity contribution in [2.24, 2.45) is 5.41 Å². The van der Waals surface area contributed by atoms with Gasteiger partial charge in [0, 0.05) is 32.1 Å². The number of amides is 2. The number of carbonyl (C=O) groups excluding carboxylic acids is 3. The smallest absolute Gasteiger partial charge is 0.298 e. The number of carbonyl (C=O) groups is 3. The fraction of sp³-hybridized carbons (Fsp3) is 0.667. The lowest BCUT2D eigenvalue weighted by molar-refractivity contribution is -0.145. The molecule has 1 aliphatic carbocycles. The summed E-state index contributed by atoms with van der Waals surface area (Å²) in [5.41, 5.74) is 0.0362. The molecule has 1 N–H and O–H groups in total. The van der Waals surface area contributed by atoms with E-state index < -0.39 is 11.7 Å². The number of ketones is 1. The van der Waals surface area contributed by atoms with Crippen molar-refractivity contribution >= 4 is 17.6 Å². The maximum Gasteiger partial charge on any atom is 0.298 e. The molecule has 2 aliphatic heterocycles. The molecular weight excluding hydrogens is 360 g/mol. The molecule has 4 rings (SSSR count). The zero-order chi connectivity index (χ0) is 19.7. The van der Waals surface area contributed by atoms with E-state index in [2.05, 4.69) is 0 Å². The van der Waals surface area contributed by atoms with Crippen molar-refractivity contribution in [3.63, 3.8) is 0 Å². The third kappa shape index (κ3) is 3.72. The monoisotopic (exact) mass is 388 g/mol. The minimum atomic E-state index is -0.595. The summed E-state index contributed by atoms with van der Waals surface area (Å²) in [7, 11) is 0. The van der Waals surface area contributed by atoms with Gasteiger partial charge in [0.1, 0.15) is 0 Å². The molecule has 3 heterocycles. The molecule has 1 aromatic heterocycles. The molecule has 0 atom stereocenters. The van der Waals surface area contributed by atoms with Crippen LogP contribution in [0.15, 0.2) is 22.8 Å². The second kappa shape index (κ2) is 7.70. The average molecular weight is 388 g/mol. The molecule has 28 heavy (non-hydrogen) atoms.